The molecule has 0 radical (unpaired) electrons. The number of nitrogens with zero attached hydrogens (tertiary/aromatic N) is 1. The molecule has 3 rings (SSSR count). The van der Waals surface area contributed by atoms with Crippen molar-refractivity contribution in [1.82, 2.24) is 14.9 Å². The number of hydrogen-bond donors (Lipinski definition) is 2. The highest BCUT2D eigenvalue weighted by atomic mass is 16.2. The van der Waals surface area contributed by atoms with Gasteiger partial charge in [-0.25, -0.2) is 0 Å². The molecular formula is C17H23N3O2. The molecule has 2 aromatic rings. The van der Waals surface area contributed by atoms with Crippen molar-refractivity contribution in [2.24, 2.45) is 13.0 Å². The summed E-state index contributed by atoms with van der Waals surface area (Å²) in [5, 5.41) is 3.75. The second-order valence-electron chi connectivity index (χ2n) is 6.29. The summed E-state index contributed by atoms with van der Waals surface area (Å²) >= 11 is 0. The predicted octanol–water partition coefficient (Wildman–Crippen LogP) is 2.57. The summed E-state index contributed by atoms with van der Waals surface area (Å²) in [6.45, 7) is 0.730. The summed E-state index contributed by atoms with van der Waals surface area (Å²) in [6, 6.07) is 1.79. The van der Waals surface area contributed by atoms with Crippen LogP contribution in [0.1, 0.15) is 48.9 Å². The van der Waals surface area contributed by atoms with E-state index in [2.05, 4.69) is 10.3 Å². The Morgan fingerprint density at radius 2 is 2.05 bits per heavy atom. The van der Waals surface area contributed by atoms with Gasteiger partial charge in [0.15, 0.2) is 0 Å². The average molecular weight is 301 g/mol. The highest BCUT2D eigenvalue weighted by Crippen LogP contribution is 2.22. The number of carbonyl (C=O) groups is 1. The first-order chi connectivity index (χ1) is 10.7. The normalized spacial score (nSPS) is 16.6. The largest absolute Gasteiger partial charge is 0.357 e. The molecule has 0 saturated heterocycles. The molecule has 0 spiro atoms. The van der Waals surface area contributed by atoms with E-state index in [1.165, 1.54) is 43.1 Å². The van der Waals surface area contributed by atoms with Crippen LogP contribution in [0.3, 0.4) is 0 Å². The maximum Gasteiger partial charge on any atom is 0.274 e. The van der Waals surface area contributed by atoms with Crippen LogP contribution in [-0.2, 0) is 7.05 Å². The van der Waals surface area contributed by atoms with Crippen molar-refractivity contribution in [3.8, 4) is 0 Å². The Morgan fingerprint density at radius 1 is 1.32 bits per heavy atom. The molecule has 2 heterocycles. The molecule has 0 bridgehead atoms. The number of aromatic amines is 1. The van der Waals surface area contributed by atoms with Gasteiger partial charge in [-0.3, -0.25) is 9.59 Å². The molecule has 0 unspecified atom stereocenters. The summed E-state index contributed by atoms with van der Waals surface area (Å²) in [6.07, 6.45) is 10.9. The van der Waals surface area contributed by atoms with Gasteiger partial charge in [0.2, 0.25) is 0 Å². The van der Waals surface area contributed by atoms with Gasteiger partial charge in [-0.15, -0.1) is 0 Å². The molecule has 5 heteroatoms. The lowest BCUT2D eigenvalue weighted by molar-refractivity contribution is 0.0946. The van der Waals surface area contributed by atoms with Gasteiger partial charge in [0.1, 0.15) is 5.52 Å². The van der Waals surface area contributed by atoms with Crippen molar-refractivity contribution in [2.75, 3.05) is 6.54 Å². The fraction of sp³-hybridized carbons (Fsp3) is 0.529. The van der Waals surface area contributed by atoms with Crippen LogP contribution in [0.5, 0.6) is 0 Å². The van der Waals surface area contributed by atoms with E-state index in [1.807, 2.05) is 0 Å². The third-order valence-corrected chi connectivity index (χ3v) is 4.66. The fourth-order valence-corrected chi connectivity index (χ4v) is 3.35. The van der Waals surface area contributed by atoms with Gasteiger partial charge in [0.25, 0.3) is 11.5 Å². The van der Waals surface area contributed by atoms with Crippen molar-refractivity contribution in [2.45, 2.75) is 38.5 Å². The van der Waals surface area contributed by atoms with E-state index in [0.717, 1.165) is 6.54 Å². The zero-order chi connectivity index (χ0) is 15.5. The van der Waals surface area contributed by atoms with Gasteiger partial charge in [-0.05, 0) is 24.8 Å². The van der Waals surface area contributed by atoms with E-state index in [1.54, 1.807) is 25.5 Å². The molecule has 1 aliphatic rings. The highest BCUT2D eigenvalue weighted by molar-refractivity contribution is 6.05. The highest BCUT2D eigenvalue weighted by Gasteiger charge is 2.17. The number of nitrogens with one attached hydrogen (secondary N) is 2. The third kappa shape index (κ3) is 2.93. The first-order valence-electron chi connectivity index (χ1n) is 8.11. The quantitative estimate of drug-likeness (QED) is 0.856. The molecular weight excluding hydrogens is 278 g/mol. The lowest BCUT2D eigenvalue weighted by Gasteiger charge is -2.15. The maximum absolute atomic E-state index is 12.5. The van der Waals surface area contributed by atoms with Crippen molar-refractivity contribution in [3.63, 3.8) is 0 Å². The summed E-state index contributed by atoms with van der Waals surface area (Å²) < 4.78 is 1.46. The zero-order valence-electron chi connectivity index (χ0n) is 13.0. The van der Waals surface area contributed by atoms with Gasteiger partial charge in [-0.1, -0.05) is 25.7 Å². The molecule has 2 aromatic heterocycles. The molecule has 1 aliphatic carbocycles. The van der Waals surface area contributed by atoms with E-state index in [0.29, 0.717) is 22.4 Å². The number of amides is 1. The van der Waals surface area contributed by atoms with Crippen molar-refractivity contribution in [1.29, 1.82) is 0 Å². The Morgan fingerprint density at radius 3 is 2.77 bits per heavy atom. The second kappa shape index (κ2) is 6.38. The maximum atomic E-state index is 12.5. The van der Waals surface area contributed by atoms with Crippen LogP contribution < -0.4 is 10.9 Å². The summed E-state index contributed by atoms with van der Waals surface area (Å²) in [5.74, 6) is 0.491. The average Bonchev–Trinajstić information content (AvgIpc) is 2.86. The summed E-state index contributed by atoms with van der Waals surface area (Å²) in [4.78, 5) is 27.4. The van der Waals surface area contributed by atoms with E-state index in [9.17, 15) is 9.59 Å². The van der Waals surface area contributed by atoms with Crippen LogP contribution in [0.15, 0.2) is 23.3 Å². The fourth-order valence-electron chi connectivity index (χ4n) is 3.35. The minimum atomic E-state index is -0.111. The van der Waals surface area contributed by atoms with Crippen molar-refractivity contribution >= 4 is 16.8 Å². The first kappa shape index (κ1) is 14.9. The molecule has 22 heavy (non-hydrogen) atoms. The standard InChI is InChI=1S/C17H23N3O2/c1-20-11-14(13-8-9-18-15(13)17(20)22)16(21)19-10-12-6-4-2-3-5-7-12/h8-9,11-12,18H,2-7,10H2,1H3,(H,19,21). The zero-order valence-corrected chi connectivity index (χ0v) is 13.0. The monoisotopic (exact) mass is 301 g/mol. The lowest BCUT2D eigenvalue weighted by atomic mass is 10.0. The number of aromatic nitrogens is 2. The van der Waals surface area contributed by atoms with Crippen LogP contribution in [0.2, 0.25) is 0 Å². The predicted molar refractivity (Wildman–Crippen MR) is 87.1 cm³/mol. The number of H-pyrrole nitrogens is 1. The molecule has 118 valence electrons. The Hall–Kier alpha value is -2.04. The summed E-state index contributed by atoms with van der Waals surface area (Å²) in [7, 11) is 1.67. The van der Waals surface area contributed by atoms with Gasteiger partial charge < -0.3 is 14.9 Å². The number of hydrogen-bond acceptors (Lipinski definition) is 2. The Bertz CT molecular complexity index is 721. The number of aryl methyl sites for hydroxylation is 1. The van der Waals surface area contributed by atoms with Gasteiger partial charge in [0, 0.05) is 31.4 Å². The van der Waals surface area contributed by atoms with Gasteiger partial charge in [0.05, 0.1) is 5.56 Å². The lowest BCUT2D eigenvalue weighted by Crippen LogP contribution is -2.30. The van der Waals surface area contributed by atoms with E-state index >= 15 is 0 Å². The van der Waals surface area contributed by atoms with E-state index in [4.69, 9.17) is 0 Å². The Kier molecular flexibility index (Phi) is 4.32. The minimum absolute atomic E-state index is 0.0931. The van der Waals surface area contributed by atoms with Crippen LogP contribution in [-0.4, -0.2) is 22.0 Å². The molecule has 0 atom stereocenters. The number of fused-ring (bicyclic) bond motifs is 1. The first-order valence-corrected chi connectivity index (χ1v) is 8.11. The second-order valence-corrected chi connectivity index (χ2v) is 6.29. The molecule has 0 aliphatic heterocycles. The molecule has 1 fully saturated rings. The van der Waals surface area contributed by atoms with E-state index < -0.39 is 0 Å². The van der Waals surface area contributed by atoms with Gasteiger partial charge >= 0.3 is 0 Å². The van der Waals surface area contributed by atoms with Crippen molar-refractivity contribution < 1.29 is 4.79 Å². The topological polar surface area (TPSA) is 66.9 Å². The summed E-state index contributed by atoms with van der Waals surface area (Å²) in [5.41, 5.74) is 0.942. The SMILES string of the molecule is Cn1cc(C(=O)NCC2CCCCCC2)c2cc[nH]c2c1=O. The van der Waals surface area contributed by atoms with E-state index in [-0.39, 0.29) is 11.5 Å². The molecule has 1 amide bonds. The Labute approximate surface area is 129 Å². The molecule has 2 N–H and O–H groups in total. The van der Waals surface area contributed by atoms with Crippen molar-refractivity contribution in [3.05, 3.63) is 34.4 Å². The Balaban J connectivity index is 1.76. The molecule has 0 aromatic carbocycles. The number of pyridine rings is 1. The van der Waals surface area contributed by atoms with Crippen LogP contribution in [0, 0.1) is 5.92 Å². The smallest absolute Gasteiger partial charge is 0.274 e. The van der Waals surface area contributed by atoms with Gasteiger partial charge in [-0.2, -0.15) is 0 Å². The van der Waals surface area contributed by atoms with Crippen LogP contribution >= 0.6 is 0 Å². The third-order valence-electron chi connectivity index (χ3n) is 4.66. The minimum Gasteiger partial charge on any atom is -0.357 e. The van der Waals surface area contributed by atoms with Crippen LogP contribution in [0.4, 0.5) is 0 Å². The molecule has 5 nitrogen and oxygen atoms in total. The molecule has 1 saturated carbocycles. The number of carbonyl (C=O) groups excluding carboxylic acids is 1. The van der Waals surface area contributed by atoms with Crippen LogP contribution in [0.25, 0.3) is 10.9 Å². The number of rotatable bonds is 3.